The summed E-state index contributed by atoms with van der Waals surface area (Å²) in [5, 5.41) is 22.8. The lowest BCUT2D eigenvalue weighted by Crippen LogP contribution is -2.45. The maximum absolute atomic E-state index is 12.3. The third-order valence-corrected chi connectivity index (χ3v) is 10.7. The zero-order valence-electron chi connectivity index (χ0n) is 36.0. The van der Waals surface area contributed by atoms with Crippen LogP contribution in [-0.4, -0.2) is 47.4 Å². The van der Waals surface area contributed by atoms with Gasteiger partial charge < -0.3 is 20.3 Å². The van der Waals surface area contributed by atoms with Crippen molar-refractivity contribution < 1.29 is 24.5 Å². The van der Waals surface area contributed by atoms with Crippen molar-refractivity contribution in [3.8, 4) is 0 Å². The number of nitrogens with one attached hydrogen (secondary N) is 1. The van der Waals surface area contributed by atoms with Crippen LogP contribution < -0.4 is 5.32 Å². The molecule has 1 amide bonds. The van der Waals surface area contributed by atoms with E-state index in [2.05, 4.69) is 31.3 Å². The Morgan fingerprint density at radius 3 is 1.31 bits per heavy atom. The third kappa shape index (κ3) is 40.0. The molecular weight excluding hydrogens is 671 g/mol. The minimum atomic E-state index is -0.859. The first-order valence-electron chi connectivity index (χ1n) is 23.6. The third-order valence-electron chi connectivity index (χ3n) is 10.7. The van der Waals surface area contributed by atoms with E-state index in [0.29, 0.717) is 19.4 Å². The van der Waals surface area contributed by atoms with Gasteiger partial charge in [-0.3, -0.25) is 9.59 Å². The molecule has 2 atom stereocenters. The number of unbranched alkanes of at least 4 members (excludes halogenated alkanes) is 30. The van der Waals surface area contributed by atoms with Crippen LogP contribution in [0.4, 0.5) is 0 Å². The number of ether oxygens (including phenoxy) is 1. The number of aliphatic hydroxyl groups excluding tert-OH is 2. The molecule has 0 aromatic rings. The number of allylic oxidation sites excluding steroid dienone is 3. The van der Waals surface area contributed by atoms with E-state index in [1.807, 2.05) is 6.08 Å². The van der Waals surface area contributed by atoms with E-state index in [9.17, 15) is 19.8 Å². The summed E-state index contributed by atoms with van der Waals surface area (Å²) in [5.74, 6) is -0.130. The lowest BCUT2D eigenvalue weighted by atomic mass is 10.0. The van der Waals surface area contributed by atoms with E-state index in [-0.39, 0.29) is 18.5 Å². The highest BCUT2D eigenvalue weighted by molar-refractivity contribution is 5.76. The van der Waals surface area contributed by atoms with Gasteiger partial charge in [0.1, 0.15) is 0 Å². The van der Waals surface area contributed by atoms with Gasteiger partial charge in [-0.05, 0) is 57.8 Å². The topological polar surface area (TPSA) is 95.9 Å². The van der Waals surface area contributed by atoms with Gasteiger partial charge in [0, 0.05) is 12.8 Å². The van der Waals surface area contributed by atoms with E-state index in [0.717, 1.165) is 83.5 Å². The van der Waals surface area contributed by atoms with Gasteiger partial charge in [-0.15, -0.1) is 0 Å². The average Bonchev–Trinajstić information content (AvgIpc) is 3.17. The van der Waals surface area contributed by atoms with Gasteiger partial charge in [0.25, 0.3) is 0 Å². The number of carbonyl (C=O) groups excluding carboxylic acids is 2. The molecule has 0 radical (unpaired) electrons. The molecule has 6 heteroatoms. The summed E-state index contributed by atoms with van der Waals surface area (Å²) in [6.45, 7) is 4.79. The normalized spacial score (nSPS) is 12.9. The fourth-order valence-electron chi connectivity index (χ4n) is 7.04. The first-order chi connectivity index (χ1) is 26.5. The minimum Gasteiger partial charge on any atom is -0.466 e. The molecule has 0 spiro atoms. The highest BCUT2D eigenvalue weighted by Crippen LogP contribution is 2.15. The van der Waals surface area contributed by atoms with Crippen LogP contribution in [0.25, 0.3) is 0 Å². The molecule has 54 heavy (non-hydrogen) atoms. The first kappa shape index (κ1) is 52.3. The SMILES string of the molecule is CCCCCCCCC/C=C/C(O)C(CO)NC(=O)CCCCCCC/C=C\CCCCOC(=O)CCCCCCCCCCCCCCCCCCC. The van der Waals surface area contributed by atoms with Crippen LogP contribution in [0.15, 0.2) is 24.3 Å². The summed E-state index contributed by atoms with van der Waals surface area (Å²) in [5.41, 5.74) is 0. The highest BCUT2D eigenvalue weighted by atomic mass is 16.5. The molecule has 0 aliphatic heterocycles. The summed E-state index contributed by atoms with van der Waals surface area (Å²) in [6, 6.07) is -0.645. The quantitative estimate of drug-likeness (QED) is 0.0327. The molecule has 2 unspecified atom stereocenters. The van der Waals surface area contributed by atoms with Crippen LogP contribution in [0.1, 0.15) is 245 Å². The average molecular weight is 762 g/mol. The number of esters is 1. The summed E-state index contributed by atoms with van der Waals surface area (Å²) >= 11 is 0. The molecule has 0 heterocycles. The lowest BCUT2D eigenvalue weighted by molar-refractivity contribution is -0.143. The molecule has 6 nitrogen and oxygen atoms in total. The molecule has 0 saturated carbocycles. The number of hydrogen-bond acceptors (Lipinski definition) is 5. The van der Waals surface area contributed by atoms with Crippen molar-refractivity contribution in [1.82, 2.24) is 5.32 Å². The molecule has 3 N–H and O–H groups in total. The Labute approximate surface area is 335 Å². The van der Waals surface area contributed by atoms with Gasteiger partial charge in [0.2, 0.25) is 5.91 Å². The Bertz CT molecular complexity index is 843. The molecule has 0 bridgehead atoms. The second-order valence-electron chi connectivity index (χ2n) is 16.1. The summed E-state index contributed by atoms with van der Waals surface area (Å²) in [6.07, 6.45) is 50.4. The van der Waals surface area contributed by atoms with Crippen molar-refractivity contribution in [2.45, 2.75) is 257 Å². The van der Waals surface area contributed by atoms with Crippen LogP contribution >= 0.6 is 0 Å². The molecule has 0 saturated heterocycles. The Hall–Kier alpha value is -1.66. The van der Waals surface area contributed by atoms with Crippen molar-refractivity contribution >= 4 is 11.9 Å². The van der Waals surface area contributed by atoms with E-state index in [1.165, 1.54) is 135 Å². The zero-order chi connectivity index (χ0) is 39.4. The van der Waals surface area contributed by atoms with Crippen LogP contribution in [0.3, 0.4) is 0 Å². The number of hydrogen-bond donors (Lipinski definition) is 3. The molecule has 0 fully saturated rings. The van der Waals surface area contributed by atoms with Crippen LogP contribution in [0.5, 0.6) is 0 Å². The van der Waals surface area contributed by atoms with Gasteiger partial charge in [0.05, 0.1) is 25.4 Å². The van der Waals surface area contributed by atoms with Gasteiger partial charge in [-0.25, -0.2) is 0 Å². The zero-order valence-corrected chi connectivity index (χ0v) is 36.0. The molecule has 0 aliphatic rings. The minimum absolute atomic E-state index is 0.0303. The second-order valence-corrected chi connectivity index (χ2v) is 16.1. The smallest absolute Gasteiger partial charge is 0.305 e. The Morgan fingerprint density at radius 2 is 0.870 bits per heavy atom. The van der Waals surface area contributed by atoms with E-state index in [1.54, 1.807) is 6.08 Å². The van der Waals surface area contributed by atoms with Gasteiger partial charge in [-0.2, -0.15) is 0 Å². The number of amides is 1. The van der Waals surface area contributed by atoms with Gasteiger partial charge >= 0.3 is 5.97 Å². The first-order valence-corrected chi connectivity index (χ1v) is 23.6. The standard InChI is InChI=1S/C48H91NO5/c1-3-5-7-9-11-13-14-15-16-17-18-19-22-26-30-34-38-42-48(53)54-43-39-35-31-27-23-20-21-25-29-33-37-41-47(52)49-45(44-50)46(51)40-36-32-28-24-12-10-8-6-4-2/h23,27,36,40,45-46,50-51H,3-22,24-26,28-35,37-39,41-44H2,1-2H3,(H,49,52)/b27-23-,40-36+. The predicted octanol–water partition coefficient (Wildman–Crippen LogP) is 13.6. The molecular formula is C48H91NO5. The van der Waals surface area contributed by atoms with Gasteiger partial charge in [-0.1, -0.05) is 199 Å². The van der Waals surface area contributed by atoms with Crippen LogP contribution in [0.2, 0.25) is 0 Å². The van der Waals surface area contributed by atoms with Crippen LogP contribution in [-0.2, 0) is 14.3 Å². The fourth-order valence-corrected chi connectivity index (χ4v) is 7.04. The number of aliphatic hydroxyl groups is 2. The highest BCUT2D eigenvalue weighted by Gasteiger charge is 2.18. The van der Waals surface area contributed by atoms with Crippen molar-refractivity contribution in [3.63, 3.8) is 0 Å². The predicted molar refractivity (Wildman–Crippen MR) is 232 cm³/mol. The Kier molecular flexibility index (Phi) is 42.7. The molecule has 0 aromatic heterocycles. The Balaban J connectivity index is 3.50. The Morgan fingerprint density at radius 1 is 0.500 bits per heavy atom. The van der Waals surface area contributed by atoms with Crippen LogP contribution in [0, 0.1) is 0 Å². The maximum Gasteiger partial charge on any atom is 0.305 e. The summed E-state index contributed by atoms with van der Waals surface area (Å²) < 4.78 is 5.44. The molecule has 0 aromatic carbocycles. The second kappa shape index (κ2) is 44.1. The number of rotatable bonds is 43. The van der Waals surface area contributed by atoms with Crippen molar-refractivity contribution in [2.24, 2.45) is 0 Å². The molecule has 0 aliphatic carbocycles. The van der Waals surface area contributed by atoms with Gasteiger partial charge in [0.15, 0.2) is 0 Å². The van der Waals surface area contributed by atoms with E-state index >= 15 is 0 Å². The lowest BCUT2D eigenvalue weighted by Gasteiger charge is -2.20. The van der Waals surface area contributed by atoms with Crippen molar-refractivity contribution in [2.75, 3.05) is 13.2 Å². The van der Waals surface area contributed by atoms with Crippen molar-refractivity contribution in [1.29, 1.82) is 0 Å². The maximum atomic E-state index is 12.3. The largest absolute Gasteiger partial charge is 0.466 e. The fraction of sp³-hybridized carbons (Fsp3) is 0.875. The summed E-state index contributed by atoms with van der Waals surface area (Å²) in [7, 11) is 0. The van der Waals surface area contributed by atoms with Crippen molar-refractivity contribution in [3.05, 3.63) is 24.3 Å². The number of carbonyl (C=O) groups is 2. The van der Waals surface area contributed by atoms with E-state index < -0.39 is 12.1 Å². The molecule has 0 rings (SSSR count). The summed E-state index contributed by atoms with van der Waals surface area (Å²) in [4.78, 5) is 24.4. The molecule has 318 valence electrons. The van der Waals surface area contributed by atoms with E-state index in [4.69, 9.17) is 4.74 Å². The monoisotopic (exact) mass is 762 g/mol.